The molecule has 0 aliphatic carbocycles. The Kier molecular flexibility index (Phi) is 3.65. The van der Waals surface area contributed by atoms with E-state index in [4.69, 9.17) is 9.47 Å². The van der Waals surface area contributed by atoms with E-state index in [9.17, 15) is 0 Å². The lowest BCUT2D eigenvalue weighted by Crippen LogP contribution is -2.52. The minimum Gasteiger partial charge on any atom is -0.381 e. The molecule has 3 rings (SSSR count). The molecule has 3 aliphatic rings. The van der Waals surface area contributed by atoms with Crippen molar-refractivity contribution in [3.63, 3.8) is 0 Å². The molecule has 0 bridgehead atoms. The summed E-state index contributed by atoms with van der Waals surface area (Å²) in [5, 5.41) is 0. The van der Waals surface area contributed by atoms with Crippen LogP contribution >= 0.6 is 0 Å². The van der Waals surface area contributed by atoms with E-state index in [1.807, 2.05) is 0 Å². The SMILES string of the molecule is CC(C)(C)C12CCCN1C(COCC1COC1)CC2. The van der Waals surface area contributed by atoms with Crippen LogP contribution in [-0.4, -0.2) is 49.5 Å². The van der Waals surface area contributed by atoms with E-state index in [-0.39, 0.29) is 0 Å². The number of ether oxygens (including phenoxy) is 2. The second-order valence-electron chi connectivity index (χ2n) is 7.71. The number of nitrogens with zero attached hydrogens (tertiary/aromatic N) is 1. The summed E-state index contributed by atoms with van der Waals surface area (Å²) in [6.45, 7) is 12.2. The van der Waals surface area contributed by atoms with Gasteiger partial charge in [0.05, 0.1) is 26.4 Å². The summed E-state index contributed by atoms with van der Waals surface area (Å²) in [5.41, 5.74) is 0.834. The van der Waals surface area contributed by atoms with Gasteiger partial charge in [-0.3, -0.25) is 4.90 Å². The first-order valence-corrected chi connectivity index (χ1v) is 7.95. The smallest absolute Gasteiger partial charge is 0.0622 e. The Labute approximate surface area is 117 Å². The van der Waals surface area contributed by atoms with Crippen LogP contribution in [0.3, 0.4) is 0 Å². The van der Waals surface area contributed by atoms with E-state index >= 15 is 0 Å². The van der Waals surface area contributed by atoms with Crippen LogP contribution in [0.1, 0.15) is 46.5 Å². The summed E-state index contributed by atoms with van der Waals surface area (Å²) in [6, 6.07) is 0.655. The topological polar surface area (TPSA) is 21.7 Å². The first-order valence-electron chi connectivity index (χ1n) is 7.95. The van der Waals surface area contributed by atoms with Crippen LogP contribution in [0.25, 0.3) is 0 Å². The van der Waals surface area contributed by atoms with Crippen molar-refractivity contribution in [1.29, 1.82) is 0 Å². The van der Waals surface area contributed by atoms with Crippen molar-refractivity contribution in [3.8, 4) is 0 Å². The van der Waals surface area contributed by atoms with Crippen molar-refractivity contribution in [1.82, 2.24) is 4.90 Å². The molecule has 0 aromatic rings. The maximum atomic E-state index is 5.97. The quantitative estimate of drug-likeness (QED) is 0.781. The minimum absolute atomic E-state index is 0.389. The zero-order valence-electron chi connectivity index (χ0n) is 12.8. The zero-order chi connectivity index (χ0) is 13.5. The van der Waals surface area contributed by atoms with Gasteiger partial charge in [-0.15, -0.1) is 0 Å². The molecule has 0 saturated carbocycles. The van der Waals surface area contributed by atoms with E-state index < -0.39 is 0 Å². The molecular weight excluding hydrogens is 238 g/mol. The molecule has 3 heteroatoms. The maximum absolute atomic E-state index is 5.97. The Balaban J connectivity index is 1.56. The lowest BCUT2D eigenvalue weighted by molar-refractivity contribution is -0.0796. The Morgan fingerprint density at radius 3 is 2.63 bits per heavy atom. The molecular formula is C16H29NO2. The van der Waals surface area contributed by atoms with Crippen LogP contribution in [0.4, 0.5) is 0 Å². The fourth-order valence-corrected chi connectivity index (χ4v) is 4.37. The largest absolute Gasteiger partial charge is 0.381 e. The van der Waals surface area contributed by atoms with Gasteiger partial charge in [0.1, 0.15) is 0 Å². The van der Waals surface area contributed by atoms with Crippen LogP contribution in [0.15, 0.2) is 0 Å². The average Bonchev–Trinajstić information content (AvgIpc) is 2.81. The van der Waals surface area contributed by atoms with Gasteiger partial charge >= 0.3 is 0 Å². The highest BCUT2D eigenvalue weighted by molar-refractivity contribution is 5.10. The van der Waals surface area contributed by atoms with Gasteiger partial charge in [0, 0.05) is 17.5 Å². The number of rotatable bonds is 4. The summed E-state index contributed by atoms with van der Waals surface area (Å²) >= 11 is 0. The van der Waals surface area contributed by atoms with Gasteiger partial charge in [0.2, 0.25) is 0 Å². The third-order valence-electron chi connectivity index (χ3n) is 5.64. The lowest BCUT2D eigenvalue weighted by atomic mass is 9.71. The summed E-state index contributed by atoms with van der Waals surface area (Å²) in [4.78, 5) is 2.78. The molecule has 19 heavy (non-hydrogen) atoms. The van der Waals surface area contributed by atoms with Crippen molar-refractivity contribution in [2.45, 2.75) is 58.0 Å². The highest BCUT2D eigenvalue weighted by Crippen LogP contribution is 2.52. The van der Waals surface area contributed by atoms with Crippen LogP contribution in [0.2, 0.25) is 0 Å². The Hall–Kier alpha value is -0.120. The minimum atomic E-state index is 0.389. The summed E-state index contributed by atoms with van der Waals surface area (Å²) in [7, 11) is 0. The van der Waals surface area contributed by atoms with Crippen molar-refractivity contribution in [2.24, 2.45) is 11.3 Å². The monoisotopic (exact) mass is 267 g/mol. The predicted octanol–water partition coefficient (Wildman–Crippen LogP) is 2.69. The molecule has 3 fully saturated rings. The normalized spacial score (nSPS) is 36.5. The summed E-state index contributed by atoms with van der Waals surface area (Å²) in [6.07, 6.45) is 5.42. The van der Waals surface area contributed by atoms with Gasteiger partial charge in [0.15, 0.2) is 0 Å². The van der Waals surface area contributed by atoms with E-state index in [2.05, 4.69) is 25.7 Å². The number of hydrogen-bond acceptors (Lipinski definition) is 3. The third-order valence-corrected chi connectivity index (χ3v) is 5.64. The first-order chi connectivity index (χ1) is 9.03. The second-order valence-corrected chi connectivity index (χ2v) is 7.71. The average molecular weight is 267 g/mol. The van der Waals surface area contributed by atoms with E-state index in [1.54, 1.807) is 0 Å². The highest BCUT2D eigenvalue weighted by atomic mass is 16.5. The molecule has 3 heterocycles. The molecule has 3 nitrogen and oxygen atoms in total. The van der Waals surface area contributed by atoms with E-state index in [1.165, 1.54) is 32.2 Å². The van der Waals surface area contributed by atoms with Gasteiger partial charge in [-0.2, -0.15) is 0 Å². The summed E-state index contributed by atoms with van der Waals surface area (Å²) < 4.78 is 11.2. The fourth-order valence-electron chi connectivity index (χ4n) is 4.37. The third kappa shape index (κ3) is 2.34. The van der Waals surface area contributed by atoms with Gasteiger partial charge in [0.25, 0.3) is 0 Å². The predicted molar refractivity (Wildman–Crippen MR) is 76.3 cm³/mol. The lowest BCUT2D eigenvalue weighted by Gasteiger charge is -2.45. The fraction of sp³-hybridized carbons (Fsp3) is 1.00. The second kappa shape index (κ2) is 5.01. The molecule has 110 valence electrons. The molecule has 3 aliphatic heterocycles. The molecule has 0 spiro atoms. The van der Waals surface area contributed by atoms with E-state index in [0.717, 1.165) is 26.4 Å². The number of fused-ring (bicyclic) bond motifs is 1. The molecule has 3 saturated heterocycles. The Bertz CT molecular complexity index is 321. The standard InChI is InChI=1S/C16H29NO2/c1-15(2,3)16-6-4-8-17(16)14(5-7-16)12-19-11-13-9-18-10-13/h13-14H,4-12H2,1-3H3. The Morgan fingerprint density at radius 1 is 1.21 bits per heavy atom. The van der Waals surface area contributed by atoms with Crippen LogP contribution in [-0.2, 0) is 9.47 Å². The molecule has 2 unspecified atom stereocenters. The molecule has 0 aromatic heterocycles. The van der Waals surface area contributed by atoms with Crippen LogP contribution in [0.5, 0.6) is 0 Å². The Morgan fingerprint density at radius 2 is 2.00 bits per heavy atom. The number of hydrogen-bond donors (Lipinski definition) is 0. The van der Waals surface area contributed by atoms with Gasteiger partial charge in [-0.1, -0.05) is 20.8 Å². The maximum Gasteiger partial charge on any atom is 0.0622 e. The van der Waals surface area contributed by atoms with Crippen molar-refractivity contribution in [2.75, 3.05) is 33.0 Å². The molecule has 0 radical (unpaired) electrons. The molecule has 2 atom stereocenters. The first kappa shape index (κ1) is 13.8. The van der Waals surface area contributed by atoms with Crippen LogP contribution in [0, 0.1) is 11.3 Å². The van der Waals surface area contributed by atoms with Crippen LogP contribution < -0.4 is 0 Å². The van der Waals surface area contributed by atoms with Crippen molar-refractivity contribution in [3.05, 3.63) is 0 Å². The van der Waals surface area contributed by atoms with Gasteiger partial charge in [-0.05, 0) is 37.6 Å². The molecule has 0 amide bonds. The highest BCUT2D eigenvalue weighted by Gasteiger charge is 2.55. The molecule has 0 aromatic carbocycles. The van der Waals surface area contributed by atoms with Gasteiger partial charge in [-0.25, -0.2) is 0 Å². The van der Waals surface area contributed by atoms with Crippen molar-refractivity contribution >= 4 is 0 Å². The summed E-state index contributed by atoms with van der Waals surface area (Å²) in [5.74, 6) is 0.660. The van der Waals surface area contributed by atoms with Gasteiger partial charge < -0.3 is 9.47 Å². The zero-order valence-corrected chi connectivity index (χ0v) is 12.8. The molecule has 0 N–H and O–H groups in total. The van der Waals surface area contributed by atoms with Crippen molar-refractivity contribution < 1.29 is 9.47 Å². The van der Waals surface area contributed by atoms with E-state index in [0.29, 0.717) is 22.9 Å².